The van der Waals surface area contributed by atoms with Gasteiger partial charge in [0.15, 0.2) is 0 Å². The van der Waals surface area contributed by atoms with Crippen LogP contribution >= 0.6 is 0 Å². The number of ether oxygens (including phenoxy) is 1. The molecular formula is C15H22N2O2. The summed E-state index contributed by atoms with van der Waals surface area (Å²) in [5.41, 5.74) is 6.04. The zero-order valence-electron chi connectivity index (χ0n) is 11.2. The van der Waals surface area contributed by atoms with Crippen molar-refractivity contribution < 1.29 is 9.84 Å². The lowest BCUT2D eigenvalue weighted by molar-refractivity contribution is -0.118. The van der Waals surface area contributed by atoms with Crippen LogP contribution in [0.1, 0.15) is 18.4 Å². The molecule has 0 aliphatic carbocycles. The largest absolute Gasteiger partial charge is 0.493 e. The van der Waals surface area contributed by atoms with Crippen molar-refractivity contribution in [2.75, 3.05) is 26.2 Å². The monoisotopic (exact) mass is 262 g/mol. The number of nitrogens with two attached hydrogens (primary N) is 1. The van der Waals surface area contributed by atoms with E-state index in [0.717, 1.165) is 37.1 Å². The van der Waals surface area contributed by atoms with Crippen LogP contribution in [0.25, 0.3) is 0 Å². The zero-order valence-corrected chi connectivity index (χ0v) is 11.2. The first kappa shape index (κ1) is 12.9. The van der Waals surface area contributed by atoms with Crippen molar-refractivity contribution >= 4 is 0 Å². The second kappa shape index (κ2) is 4.78. The van der Waals surface area contributed by atoms with Gasteiger partial charge in [-0.3, -0.25) is 0 Å². The molecule has 0 aromatic heterocycles. The molecular weight excluding hydrogens is 240 g/mol. The summed E-state index contributed by atoms with van der Waals surface area (Å²) in [6.45, 7) is 2.52. The van der Waals surface area contributed by atoms with E-state index in [4.69, 9.17) is 10.5 Å². The van der Waals surface area contributed by atoms with Crippen LogP contribution in [0.15, 0.2) is 24.3 Å². The molecule has 1 fully saturated rings. The molecule has 2 aliphatic rings. The number of β-amino-alcohol motifs (C(OH)–C–C–N with tert-alkyl or cyclic N) is 1. The van der Waals surface area contributed by atoms with Crippen molar-refractivity contribution in [3.05, 3.63) is 29.8 Å². The highest BCUT2D eigenvalue weighted by Gasteiger charge is 2.52. The van der Waals surface area contributed by atoms with Gasteiger partial charge in [0.05, 0.1) is 17.6 Å². The molecule has 0 saturated carbocycles. The fourth-order valence-electron chi connectivity index (χ4n) is 3.38. The van der Waals surface area contributed by atoms with Crippen LogP contribution in [0.5, 0.6) is 5.75 Å². The van der Waals surface area contributed by atoms with E-state index in [-0.39, 0.29) is 5.41 Å². The maximum absolute atomic E-state index is 11.0. The van der Waals surface area contributed by atoms with Crippen LogP contribution in [-0.4, -0.2) is 36.9 Å². The number of hydrogen-bond donors (Lipinski definition) is 3. The molecule has 104 valence electrons. The minimum Gasteiger partial charge on any atom is -0.493 e. The van der Waals surface area contributed by atoms with E-state index in [1.54, 1.807) is 0 Å². The molecule has 1 aromatic rings. The van der Waals surface area contributed by atoms with Crippen molar-refractivity contribution in [2.24, 2.45) is 11.1 Å². The van der Waals surface area contributed by atoms with Gasteiger partial charge in [0, 0.05) is 13.1 Å². The van der Waals surface area contributed by atoms with Crippen LogP contribution in [0.4, 0.5) is 0 Å². The summed E-state index contributed by atoms with van der Waals surface area (Å²) in [7, 11) is 0. The standard InChI is InChI=1S/C15H22N2O2/c16-9-14(15(18)6-3-7-17-10-15)8-12-4-1-2-5-13(12)19-11-14/h1-2,4-5,17-18H,3,6-11,16H2. The minimum atomic E-state index is -0.770. The van der Waals surface area contributed by atoms with Crippen molar-refractivity contribution in [1.29, 1.82) is 0 Å². The van der Waals surface area contributed by atoms with Crippen LogP contribution in [0, 0.1) is 5.41 Å². The number of benzene rings is 1. The molecule has 0 radical (unpaired) electrons. The number of nitrogens with one attached hydrogen (secondary N) is 1. The molecule has 2 heterocycles. The van der Waals surface area contributed by atoms with Crippen molar-refractivity contribution in [3.63, 3.8) is 0 Å². The van der Waals surface area contributed by atoms with Gasteiger partial charge in [0.1, 0.15) is 5.75 Å². The summed E-state index contributed by atoms with van der Waals surface area (Å²) in [5, 5.41) is 14.3. The molecule has 0 bridgehead atoms. The van der Waals surface area contributed by atoms with Crippen LogP contribution in [-0.2, 0) is 6.42 Å². The number of aliphatic hydroxyl groups is 1. The Morgan fingerprint density at radius 2 is 2.21 bits per heavy atom. The SMILES string of the molecule is NCC1(C2(O)CCCNC2)COc2ccccc2C1. The Morgan fingerprint density at radius 1 is 1.37 bits per heavy atom. The summed E-state index contributed by atoms with van der Waals surface area (Å²) in [6, 6.07) is 8.04. The molecule has 4 heteroatoms. The van der Waals surface area contributed by atoms with Crippen LogP contribution < -0.4 is 15.8 Å². The molecule has 2 atom stereocenters. The molecule has 19 heavy (non-hydrogen) atoms. The summed E-state index contributed by atoms with van der Waals surface area (Å²) in [5.74, 6) is 0.930. The van der Waals surface area contributed by atoms with Crippen molar-refractivity contribution in [2.45, 2.75) is 24.9 Å². The maximum Gasteiger partial charge on any atom is 0.122 e. The fraction of sp³-hybridized carbons (Fsp3) is 0.600. The maximum atomic E-state index is 11.0. The Labute approximate surface area is 114 Å². The van der Waals surface area contributed by atoms with Gasteiger partial charge in [-0.1, -0.05) is 18.2 Å². The highest BCUT2D eigenvalue weighted by Crippen LogP contribution is 2.43. The number of para-hydroxylation sites is 1. The summed E-state index contributed by atoms with van der Waals surface area (Å²) < 4.78 is 5.88. The average molecular weight is 262 g/mol. The number of fused-ring (bicyclic) bond motifs is 1. The summed E-state index contributed by atoms with van der Waals surface area (Å²) in [6.07, 6.45) is 2.57. The number of rotatable bonds is 2. The van der Waals surface area contributed by atoms with E-state index in [1.807, 2.05) is 18.2 Å². The molecule has 1 aromatic carbocycles. The Morgan fingerprint density at radius 3 is 2.95 bits per heavy atom. The highest BCUT2D eigenvalue weighted by atomic mass is 16.5. The second-order valence-corrected chi connectivity index (χ2v) is 5.87. The summed E-state index contributed by atoms with van der Waals surface area (Å²) >= 11 is 0. The molecule has 4 N–H and O–H groups in total. The van der Waals surface area contributed by atoms with Gasteiger partial charge in [-0.25, -0.2) is 0 Å². The van der Waals surface area contributed by atoms with Gasteiger partial charge in [0.2, 0.25) is 0 Å². The van der Waals surface area contributed by atoms with E-state index in [1.165, 1.54) is 0 Å². The van der Waals surface area contributed by atoms with E-state index in [2.05, 4.69) is 11.4 Å². The quantitative estimate of drug-likeness (QED) is 0.733. The lowest BCUT2D eigenvalue weighted by Gasteiger charge is -2.50. The van der Waals surface area contributed by atoms with Gasteiger partial charge >= 0.3 is 0 Å². The second-order valence-electron chi connectivity index (χ2n) is 5.87. The molecule has 1 saturated heterocycles. The third-order valence-corrected chi connectivity index (χ3v) is 4.74. The summed E-state index contributed by atoms with van der Waals surface area (Å²) in [4.78, 5) is 0. The first-order valence-corrected chi connectivity index (χ1v) is 7.03. The third kappa shape index (κ3) is 2.04. The normalized spacial score (nSPS) is 34.4. The first-order valence-electron chi connectivity index (χ1n) is 7.03. The molecule has 2 unspecified atom stereocenters. The third-order valence-electron chi connectivity index (χ3n) is 4.74. The molecule has 2 aliphatic heterocycles. The molecule has 0 spiro atoms. The van der Waals surface area contributed by atoms with Gasteiger partial charge < -0.3 is 20.9 Å². The van der Waals surface area contributed by atoms with Crippen LogP contribution in [0.2, 0.25) is 0 Å². The average Bonchev–Trinajstić information content (AvgIpc) is 2.47. The highest BCUT2D eigenvalue weighted by molar-refractivity contribution is 5.37. The van der Waals surface area contributed by atoms with Crippen molar-refractivity contribution in [3.8, 4) is 5.75 Å². The molecule has 3 rings (SSSR count). The predicted molar refractivity (Wildman–Crippen MR) is 74.2 cm³/mol. The topological polar surface area (TPSA) is 67.5 Å². The smallest absolute Gasteiger partial charge is 0.122 e. The Hall–Kier alpha value is -1.10. The van der Waals surface area contributed by atoms with Crippen molar-refractivity contribution in [1.82, 2.24) is 5.32 Å². The molecule has 4 nitrogen and oxygen atoms in total. The van der Waals surface area contributed by atoms with E-state index in [9.17, 15) is 5.11 Å². The number of piperidine rings is 1. The number of hydrogen-bond acceptors (Lipinski definition) is 4. The van der Waals surface area contributed by atoms with E-state index in [0.29, 0.717) is 19.7 Å². The Bertz CT molecular complexity index is 457. The van der Waals surface area contributed by atoms with E-state index < -0.39 is 5.60 Å². The van der Waals surface area contributed by atoms with Gasteiger partial charge in [-0.2, -0.15) is 0 Å². The lowest BCUT2D eigenvalue weighted by atomic mass is 9.64. The van der Waals surface area contributed by atoms with Gasteiger partial charge in [-0.05, 0) is 37.4 Å². The Kier molecular flexibility index (Phi) is 3.25. The predicted octanol–water partition coefficient (Wildman–Crippen LogP) is 0.681. The van der Waals surface area contributed by atoms with E-state index >= 15 is 0 Å². The Balaban J connectivity index is 1.93. The fourth-order valence-corrected chi connectivity index (χ4v) is 3.38. The first-order chi connectivity index (χ1) is 9.19. The minimum absolute atomic E-state index is 0.380. The molecule has 0 amide bonds. The van der Waals surface area contributed by atoms with Gasteiger partial charge in [0.25, 0.3) is 0 Å². The lowest BCUT2D eigenvalue weighted by Crippen LogP contribution is -2.64. The van der Waals surface area contributed by atoms with Gasteiger partial charge in [-0.15, -0.1) is 0 Å². The van der Waals surface area contributed by atoms with Crippen LogP contribution in [0.3, 0.4) is 0 Å². The zero-order chi connectivity index (χ0) is 13.3.